The molecule has 0 amide bonds. The smallest absolute Gasteiger partial charge is 0.168 e. The van der Waals surface area contributed by atoms with Gasteiger partial charge in [0.1, 0.15) is 0 Å². The van der Waals surface area contributed by atoms with Crippen LogP contribution in [0.2, 0.25) is 10.0 Å². The summed E-state index contributed by atoms with van der Waals surface area (Å²) < 4.78 is -0.463. The number of allylic oxidation sites excluding steroid dienone is 4. The van der Waals surface area contributed by atoms with Gasteiger partial charge in [0.15, 0.2) is 5.41 Å². The Hall–Kier alpha value is -1.01. The van der Waals surface area contributed by atoms with Gasteiger partial charge in [0.05, 0.1) is 15.6 Å². The number of fused-ring (bicyclic) bond motifs is 1. The molecule has 0 aliphatic heterocycles. The van der Waals surface area contributed by atoms with Crippen LogP contribution in [0.4, 0.5) is 0 Å². The van der Waals surface area contributed by atoms with E-state index in [9.17, 15) is 10.5 Å². The Morgan fingerprint density at radius 1 is 1.17 bits per heavy atom. The highest BCUT2D eigenvalue weighted by Gasteiger charge is 2.49. The van der Waals surface area contributed by atoms with E-state index in [2.05, 4.69) is 46.9 Å². The third-order valence-corrected chi connectivity index (χ3v) is 7.23. The van der Waals surface area contributed by atoms with E-state index >= 15 is 0 Å². The van der Waals surface area contributed by atoms with E-state index in [-0.39, 0.29) is 5.92 Å². The maximum absolute atomic E-state index is 9.75. The van der Waals surface area contributed by atoms with Crippen molar-refractivity contribution in [1.29, 1.82) is 10.5 Å². The molecule has 0 N–H and O–H groups in total. The van der Waals surface area contributed by atoms with Gasteiger partial charge in [-0.1, -0.05) is 70.1 Å². The van der Waals surface area contributed by atoms with Crippen molar-refractivity contribution in [2.75, 3.05) is 0 Å². The van der Waals surface area contributed by atoms with Gasteiger partial charge in [0.25, 0.3) is 0 Å². The number of rotatable bonds is 1. The first-order chi connectivity index (χ1) is 11.5. The van der Waals surface area contributed by atoms with E-state index in [0.717, 1.165) is 30.4 Å². The Bertz CT molecular complexity index is 781. The third-order valence-electron chi connectivity index (χ3n) is 4.95. The summed E-state index contributed by atoms with van der Waals surface area (Å²) in [5.74, 6) is 0.0299. The molecule has 0 bridgehead atoms. The first kappa shape index (κ1) is 17.8. The Morgan fingerprint density at radius 3 is 2.46 bits per heavy atom. The zero-order chi connectivity index (χ0) is 17.4. The molecule has 3 rings (SSSR count). The monoisotopic (exact) mass is 468 g/mol. The Balaban J connectivity index is 2.25. The normalized spacial score (nSPS) is 28.0. The lowest BCUT2D eigenvalue weighted by Crippen LogP contribution is -2.35. The first-order valence-corrected chi connectivity index (χ1v) is 9.66. The van der Waals surface area contributed by atoms with Gasteiger partial charge < -0.3 is 0 Å². The fraction of sp³-hybridized carbons (Fsp3) is 0.368. The molecule has 0 unspecified atom stereocenters. The lowest BCUT2D eigenvalue weighted by atomic mass is 9.67. The number of hydrogen-bond donors (Lipinski definition) is 0. The fourth-order valence-corrected chi connectivity index (χ4v) is 6.30. The zero-order valence-corrected chi connectivity index (χ0v) is 16.6. The number of benzene rings is 1. The number of alkyl halides is 1. The lowest BCUT2D eigenvalue weighted by molar-refractivity contribution is 0.406. The molecular weight excluding hydrogens is 454 g/mol. The van der Waals surface area contributed by atoms with Gasteiger partial charge in [0, 0.05) is 27.9 Å². The van der Waals surface area contributed by atoms with E-state index in [1.54, 1.807) is 0 Å². The Kier molecular flexibility index (Phi) is 4.98. The second-order valence-corrected chi connectivity index (χ2v) is 8.84. The molecule has 2 aliphatic carbocycles. The van der Waals surface area contributed by atoms with Crippen molar-refractivity contribution >= 4 is 45.8 Å². The van der Waals surface area contributed by atoms with Crippen molar-refractivity contribution in [3.63, 3.8) is 0 Å². The molecule has 0 saturated carbocycles. The number of halogens is 3. The average Bonchev–Trinajstić information content (AvgIpc) is 2.71. The van der Waals surface area contributed by atoms with E-state index < -0.39 is 8.84 Å². The van der Waals surface area contributed by atoms with Crippen molar-refractivity contribution in [2.45, 2.75) is 29.1 Å². The van der Waals surface area contributed by atoms with Crippen molar-refractivity contribution in [3.8, 4) is 12.1 Å². The van der Waals surface area contributed by atoms with Crippen LogP contribution in [0.5, 0.6) is 0 Å². The van der Waals surface area contributed by atoms with E-state index in [1.807, 2.05) is 24.3 Å². The van der Waals surface area contributed by atoms with E-state index in [0.29, 0.717) is 16.5 Å². The molecule has 0 saturated heterocycles. The Labute approximate surface area is 165 Å². The first-order valence-electron chi connectivity index (χ1n) is 7.82. The maximum atomic E-state index is 9.75. The summed E-state index contributed by atoms with van der Waals surface area (Å²) >= 11 is 15.4. The second-order valence-electron chi connectivity index (χ2n) is 6.24. The van der Waals surface area contributed by atoms with Gasteiger partial charge in [0.2, 0.25) is 0 Å². The molecule has 2 aliphatic rings. The SMILES string of the molecule is N#CC1(C#N)CC=C[C@@](I)(c2c(Cl)cccc2Cl)[C@@H]2CCCC=C21. The summed E-state index contributed by atoms with van der Waals surface area (Å²) in [5.41, 5.74) is 0.700. The molecule has 0 spiro atoms. The zero-order valence-electron chi connectivity index (χ0n) is 12.9. The van der Waals surface area contributed by atoms with E-state index in [1.165, 1.54) is 0 Å². The van der Waals surface area contributed by atoms with Crippen LogP contribution >= 0.6 is 45.8 Å². The standard InChI is InChI=1S/C19H15Cl2IN2/c20-15-7-3-8-16(21)17(15)19(22)10-4-9-18(11-23,12-24)13-5-1-2-6-14(13)19/h3-5,7-8,10,14H,1-2,6,9H2/t14-,19+/m1/s1. The number of nitrogens with zero attached hydrogens (tertiary/aromatic N) is 2. The summed E-state index contributed by atoms with van der Waals surface area (Å²) in [6.07, 6.45) is 9.35. The molecule has 0 radical (unpaired) electrons. The van der Waals surface area contributed by atoms with Gasteiger partial charge >= 0.3 is 0 Å². The van der Waals surface area contributed by atoms with Gasteiger partial charge in [-0.25, -0.2) is 0 Å². The fourth-order valence-electron chi connectivity index (χ4n) is 3.79. The third kappa shape index (κ3) is 2.68. The summed E-state index contributed by atoms with van der Waals surface area (Å²) in [7, 11) is 0. The largest absolute Gasteiger partial charge is 0.196 e. The van der Waals surface area contributed by atoms with Crippen LogP contribution < -0.4 is 0 Å². The van der Waals surface area contributed by atoms with Crippen molar-refractivity contribution < 1.29 is 0 Å². The molecule has 122 valence electrons. The molecule has 0 heterocycles. The second kappa shape index (κ2) is 6.71. The van der Waals surface area contributed by atoms with Crippen molar-refractivity contribution in [1.82, 2.24) is 0 Å². The van der Waals surface area contributed by atoms with Crippen LogP contribution in [-0.4, -0.2) is 0 Å². The molecular formula is C19H15Cl2IN2. The molecule has 1 aromatic carbocycles. The maximum Gasteiger partial charge on any atom is 0.168 e. The molecule has 2 atom stereocenters. The van der Waals surface area contributed by atoms with Gasteiger partial charge in [-0.15, -0.1) is 0 Å². The summed E-state index contributed by atoms with van der Waals surface area (Å²) in [5, 5.41) is 20.7. The van der Waals surface area contributed by atoms with Gasteiger partial charge in [-0.2, -0.15) is 10.5 Å². The lowest BCUT2D eigenvalue weighted by Gasteiger charge is -2.40. The highest BCUT2D eigenvalue weighted by molar-refractivity contribution is 14.1. The molecule has 0 fully saturated rings. The van der Waals surface area contributed by atoms with Crippen LogP contribution in [0.1, 0.15) is 31.2 Å². The van der Waals surface area contributed by atoms with Crippen LogP contribution in [0.25, 0.3) is 0 Å². The minimum absolute atomic E-state index is 0.0299. The predicted molar refractivity (Wildman–Crippen MR) is 105 cm³/mol. The topological polar surface area (TPSA) is 47.6 Å². The number of nitriles is 2. The quantitative estimate of drug-likeness (QED) is 0.274. The number of hydrogen-bond acceptors (Lipinski definition) is 2. The predicted octanol–water partition coefficient (Wildman–Crippen LogP) is 6.34. The summed E-state index contributed by atoms with van der Waals surface area (Å²) in [4.78, 5) is 0. The minimum Gasteiger partial charge on any atom is -0.196 e. The average molecular weight is 469 g/mol. The minimum atomic E-state index is -1.09. The molecule has 5 heteroatoms. The van der Waals surface area contributed by atoms with E-state index in [4.69, 9.17) is 23.2 Å². The summed E-state index contributed by atoms with van der Waals surface area (Å²) in [6.45, 7) is 0. The van der Waals surface area contributed by atoms with Gasteiger partial charge in [-0.05, 0) is 37.0 Å². The highest BCUT2D eigenvalue weighted by Crippen LogP contribution is 2.57. The van der Waals surface area contributed by atoms with Crippen molar-refractivity contribution in [2.24, 2.45) is 11.3 Å². The van der Waals surface area contributed by atoms with Crippen LogP contribution in [0.15, 0.2) is 42.0 Å². The van der Waals surface area contributed by atoms with Gasteiger partial charge in [-0.3, -0.25) is 0 Å². The summed E-state index contributed by atoms with van der Waals surface area (Å²) in [6, 6.07) is 10.1. The molecule has 24 heavy (non-hydrogen) atoms. The van der Waals surface area contributed by atoms with Crippen LogP contribution in [-0.2, 0) is 3.42 Å². The molecule has 1 aromatic rings. The van der Waals surface area contributed by atoms with Crippen LogP contribution in [0, 0.1) is 34.0 Å². The highest BCUT2D eigenvalue weighted by atomic mass is 127. The Morgan fingerprint density at radius 2 is 1.83 bits per heavy atom. The molecule has 0 aromatic heterocycles. The molecule has 2 nitrogen and oxygen atoms in total. The van der Waals surface area contributed by atoms with Crippen molar-refractivity contribution in [3.05, 3.63) is 57.6 Å². The van der Waals surface area contributed by atoms with Crippen LogP contribution in [0.3, 0.4) is 0 Å².